The monoisotopic (exact) mass is 205 g/mol. The van der Waals surface area contributed by atoms with Crippen LogP contribution in [0, 0.1) is 0 Å². The first kappa shape index (κ1) is 9.76. The molecular formula is C10H15N5. The van der Waals surface area contributed by atoms with E-state index in [1.807, 2.05) is 18.3 Å². The molecule has 0 saturated heterocycles. The summed E-state index contributed by atoms with van der Waals surface area (Å²) >= 11 is 0. The summed E-state index contributed by atoms with van der Waals surface area (Å²) in [6.07, 6.45) is 1.95. The van der Waals surface area contributed by atoms with Crippen LogP contribution >= 0.6 is 0 Å². The minimum Gasteiger partial charge on any atom is -0.371 e. The predicted octanol–water partition coefficient (Wildman–Crippen LogP) is 1.16. The molecule has 0 bridgehead atoms. The molecule has 5 nitrogen and oxygen atoms in total. The van der Waals surface area contributed by atoms with Crippen LogP contribution in [0.1, 0.15) is 13.8 Å². The molecule has 2 N–H and O–H groups in total. The van der Waals surface area contributed by atoms with Gasteiger partial charge in [0.2, 0.25) is 5.95 Å². The molecule has 0 aliphatic carbocycles. The van der Waals surface area contributed by atoms with E-state index in [1.54, 1.807) is 4.52 Å². The van der Waals surface area contributed by atoms with Crippen molar-refractivity contribution in [2.24, 2.45) is 0 Å². The summed E-state index contributed by atoms with van der Waals surface area (Å²) in [7, 11) is 0. The SMILES string of the molecule is CCN(CC)c1ccc2nc(N)nn2c1. The molecule has 0 spiro atoms. The lowest BCUT2D eigenvalue weighted by molar-refractivity contribution is 0.851. The number of hydrogen-bond donors (Lipinski definition) is 1. The fraction of sp³-hybridized carbons (Fsp3) is 0.400. The van der Waals surface area contributed by atoms with Gasteiger partial charge in [-0.3, -0.25) is 0 Å². The summed E-state index contributed by atoms with van der Waals surface area (Å²) in [5.41, 5.74) is 7.44. The van der Waals surface area contributed by atoms with E-state index in [0.29, 0.717) is 5.95 Å². The maximum atomic E-state index is 5.53. The lowest BCUT2D eigenvalue weighted by Gasteiger charge is -2.20. The molecule has 0 aliphatic heterocycles. The minimum atomic E-state index is 0.312. The smallest absolute Gasteiger partial charge is 0.240 e. The van der Waals surface area contributed by atoms with Crippen LogP contribution in [0.5, 0.6) is 0 Å². The second kappa shape index (κ2) is 3.76. The Morgan fingerprint density at radius 3 is 2.73 bits per heavy atom. The van der Waals surface area contributed by atoms with Crippen LogP contribution in [0.25, 0.3) is 5.65 Å². The summed E-state index contributed by atoms with van der Waals surface area (Å²) < 4.78 is 1.71. The number of nitrogens with two attached hydrogens (primary N) is 1. The molecule has 0 radical (unpaired) electrons. The van der Waals surface area contributed by atoms with Crippen molar-refractivity contribution in [1.29, 1.82) is 0 Å². The Morgan fingerprint density at radius 2 is 2.07 bits per heavy atom. The summed E-state index contributed by atoms with van der Waals surface area (Å²) in [5.74, 6) is 0.312. The quantitative estimate of drug-likeness (QED) is 0.816. The third-order valence-electron chi connectivity index (χ3n) is 2.46. The highest BCUT2D eigenvalue weighted by atomic mass is 15.3. The fourth-order valence-electron chi connectivity index (χ4n) is 1.67. The lowest BCUT2D eigenvalue weighted by Crippen LogP contribution is -2.22. The third-order valence-corrected chi connectivity index (χ3v) is 2.46. The Labute approximate surface area is 88.5 Å². The molecular weight excluding hydrogens is 190 g/mol. The van der Waals surface area contributed by atoms with E-state index in [4.69, 9.17) is 5.73 Å². The van der Waals surface area contributed by atoms with Gasteiger partial charge >= 0.3 is 0 Å². The highest BCUT2D eigenvalue weighted by molar-refractivity contribution is 5.52. The molecule has 0 atom stereocenters. The van der Waals surface area contributed by atoms with Crippen LogP contribution in [-0.2, 0) is 0 Å². The molecule has 0 fully saturated rings. The molecule has 15 heavy (non-hydrogen) atoms. The normalized spacial score (nSPS) is 10.8. The van der Waals surface area contributed by atoms with Crippen molar-refractivity contribution < 1.29 is 0 Å². The summed E-state index contributed by atoms with van der Waals surface area (Å²) in [6, 6.07) is 3.97. The molecule has 0 aromatic carbocycles. The molecule has 2 aromatic rings. The van der Waals surface area contributed by atoms with Crippen LogP contribution < -0.4 is 10.6 Å². The van der Waals surface area contributed by atoms with Crippen molar-refractivity contribution in [3.8, 4) is 0 Å². The van der Waals surface area contributed by atoms with Crippen molar-refractivity contribution in [2.45, 2.75) is 13.8 Å². The molecule has 5 heteroatoms. The average molecular weight is 205 g/mol. The number of nitrogens with zero attached hydrogens (tertiary/aromatic N) is 4. The van der Waals surface area contributed by atoms with Gasteiger partial charge in [0.1, 0.15) is 0 Å². The van der Waals surface area contributed by atoms with Crippen LogP contribution in [0.15, 0.2) is 18.3 Å². The second-order valence-electron chi connectivity index (χ2n) is 3.33. The average Bonchev–Trinajstić information content (AvgIpc) is 2.59. The molecule has 0 aliphatic rings. The molecule has 2 rings (SSSR count). The highest BCUT2D eigenvalue weighted by Gasteiger charge is 2.04. The van der Waals surface area contributed by atoms with Crippen molar-refractivity contribution in [3.05, 3.63) is 18.3 Å². The highest BCUT2D eigenvalue weighted by Crippen LogP contribution is 2.14. The Balaban J connectivity index is 2.45. The maximum absolute atomic E-state index is 5.53. The number of fused-ring (bicyclic) bond motifs is 1. The first-order valence-corrected chi connectivity index (χ1v) is 5.11. The van der Waals surface area contributed by atoms with E-state index >= 15 is 0 Å². The Hall–Kier alpha value is -1.78. The zero-order valence-corrected chi connectivity index (χ0v) is 9.01. The van der Waals surface area contributed by atoms with Crippen LogP contribution in [0.4, 0.5) is 11.6 Å². The van der Waals surface area contributed by atoms with Gasteiger partial charge in [-0.1, -0.05) is 0 Å². The molecule has 0 unspecified atom stereocenters. The second-order valence-corrected chi connectivity index (χ2v) is 3.33. The lowest BCUT2D eigenvalue weighted by atomic mass is 10.3. The first-order chi connectivity index (χ1) is 7.24. The van der Waals surface area contributed by atoms with E-state index in [0.717, 1.165) is 24.4 Å². The summed E-state index contributed by atoms with van der Waals surface area (Å²) in [6.45, 7) is 6.21. The van der Waals surface area contributed by atoms with Gasteiger partial charge in [0.15, 0.2) is 5.65 Å². The standard InChI is InChI=1S/C10H15N5/c1-3-14(4-2)8-5-6-9-12-10(11)13-15(9)7-8/h5-7H,3-4H2,1-2H3,(H2,11,13). The van der Waals surface area contributed by atoms with Crippen LogP contribution in [0.3, 0.4) is 0 Å². The van der Waals surface area contributed by atoms with E-state index in [-0.39, 0.29) is 0 Å². The minimum absolute atomic E-state index is 0.312. The van der Waals surface area contributed by atoms with Gasteiger partial charge in [-0.25, -0.2) is 4.52 Å². The molecule has 0 saturated carbocycles. The largest absolute Gasteiger partial charge is 0.371 e. The maximum Gasteiger partial charge on any atom is 0.240 e. The van der Waals surface area contributed by atoms with Crippen molar-refractivity contribution >= 4 is 17.3 Å². The van der Waals surface area contributed by atoms with Gasteiger partial charge < -0.3 is 10.6 Å². The number of pyridine rings is 1. The molecule has 0 amide bonds. The van der Waals surface area contributed by atoms with Crippen LogP contribution in [0.2, 0.25) is 0 Å². The number of rotatable bonds is 3. The zero-order valence-electron chi connectivity index (χ0n) is 9.01. The number of aromatic nitrogens is 3. The topological polar surface area (TPSA) is 59.5 Å². The van der Waals surface area contributed by atoms with E-state index in [2.05, 4.69) is 28.8 Å². The van der Waals surface area contributed by atoms with E-state index in [1.165, 1.54) is 0 Å². The van der Waals surface area contributed by atoms with Gasteiger partial charge in [0, 0.05) is 13.1 Å². The van der Waals surface area contributed by atoms with Crippen molar-refractivity contribution in [2.75, 3.05) is 23.7 Å². The fourth-order valence-corrected chi connectivity index (χ4v) is 1.67. The molecule has 80 valence electrons. The zero-order chi connectivity index (χ0) is 10.8. The van der Waals surface area contributed by atoms with Gasteiger partial charge in [-0.15, -0.1) is 5.10 Å². The van der Waals surface area contributed by atoms with Gasteiger partial charge in [-0.05, 0) is 26.0 Å². The molecule has 2 aromatic heterocycles. The van der Waals surface area contributed by atoms with Gasteiger partial charge in [-0.2, -0.15) is 4.98 Å². The Bertz CT molecular complexity index is 458. The van der Waals surface area contributed by atoms with E-state index < -0.39 is 0 Å². The van der Waals surface area contributed by atoms with Crippen molar-refractivity contribution in [3.63, 3.8) is 0 Å². The summed E-state index contributed by atoms with van der Waals surface area (Å²) in [4.78, 5) is 6.32. The Morgan fingerprint density at radius 1 is 1.33 bits per heavy atom. The van der Waals surface area contributed by atoms with E-state index in [9.17, 15) is 0 Å². The third kappa shape index (κ3) is 1.72. The van der Waals surface area contributed by atoms with Gasteiger partial charge in [0.25, 0.3) is 0 Å². The number of anilines is 2. The first-order valence-electron chi connectivity index (χ1n) is 5.11. The predicted molar refractivity (Wildman–Crippen MR) is 61.0 cm³/mol. The van der Waals surface area contributed by atoms with Crippen molar-refractivity contribution in [1.82, 2.24) is 14.6 Å². The molecule has 2 heterocycles. The Kier molecular flexibility index (Phi) is 2.45. The summed E-state index contributed by atoms with van der Waals surface area (Å²) in [5, 5.41) is 4.08. The number of hydrogen-bond acceptors (Lipinski definition) is 4. The van der Waals surface area contributed by atoms with Gasteiger partial charge in [0.05, 0.1) is 11.9 Å². The number of nitrogen functional groups attached to an aromatic ring is 1. The van der Waals surface area contributed by atoms with Crippen LogP contribution in [-0.4, -0.2) is 27.7 Å².